The quantitative estimate of drug-likeness (QED) is 0.153. The number of carbonyl (C=O) groups is 1. The second-order valence-electron chi connectivity index (χ2n) is 6.95. The molecule has 0 fully saturated rings. The number of rotatable bonds is 10. The first-order valence-electron chi connectivity index (χ1n) is 9.82. The summed E-state index contributed by atoms with van der Waals surface area (Å²) < 4.78 is 12.7. The predicted molar refractivity (Wildman–Crippen MR) is 121 cm³/mol. The van der Waals surface area contributed by atoms with Crippen LogP contribution in [-0.2, 0) is 20.1 Å². The molecule has 0 aliphatic carbocycles. The third-order valence-corrected chi connectivity index (χ3v) is 4.69. The van der Waals surface area contributed by atoms with Crippen molar-refractivity contribution in [2.45, 2.75) is 13.0 Å². The molecule has 2 aromatic carbocycles. The lowest BCUT2D eigenvalue weighted by Gasteiger charge is -2.13. The van der Waals surface area contributed by atoms with Crippen LogP contribution in [0, 0.1) is 10.1 Å². The number of hydrogen-bond donors (Lipinski definition) is 0. The minimum atomic E-state index is -0.624. The molecule has 3 aromatic rings. The van der Waals surface area contributed by atoms with Gasteiger partial charge in [-0.25, -0.2) is 0 Å². The van der Waals surface area contributed by atoms with Gasteiger partial charge in [0.15, 0.2) is 0 Å². The second-order valence-corrected chi connectivity index (χ2v) is 6.95. The predicted octanol–water partition coefficient (Wildman–Crippen LogP) is 4.54. The van der Waals surface area contributed by atoms with Crippen molar-refractivity contribution in [3.63, 3.8) is 0 Å². The SMILES string of the molecule is C=CCc1ccccc1OCc1cc(/C=C/C(=O)c2nn(C)cc2[N+](=O)[O-])ccc1OC. The highest BCUT2D eigenvalue weighted by Gasteiger charge is 2.23. The van der Waals surface area contributed by atoms with Crippen LogP contribution in [0.2, 0.25) is 0 Å². The topological polar surface area (TPSA) is 96.5 Å². The number of allylic oxidation sites excluding steroid dienone is 2. The van der Waals surface area contributed by atoms with Crippen LogP contribution < -0.4 is 9.47 Å². The summed E-state index contributed by atoms with van der Waals surface area (Å²) in [5.74, 6) is 0.854. The van der Waals surface area contributed by atoms with E-state index in [4.69, 9.17) is 9.47 Å². The molecule has 0 amide bonds. The van der Waals surface area contributed by atoms with Crippen LogP contribution in [-0.4, -0.2) is 27.6 Å². The van der Waals surface area contributed by atoms with Crippen molar-refractivity contribution in [2.75, 3.05) is 7.11 Å². The lowest BCUT2D eigenvalue weighted by molar-refractivity contribution is -0.385. The molecule has 32 heavy (non-hydrogen) atoms. The first-order chi connectivity index (χ1) is 15.4. The molecule has 8 nitrogen and oxygen atoms in total. The highest BCUT2D eigenvalue weighted by Crippen LogP contribution is 2.25. The van der Waals surface area contributed by atoms with Crippen LogP contribution in [0.15, 0.2) is 67.4 Å². The van der Waals surface area contributed by atoms with Gasteiger partial charge in [-0.2, -0.15) is 5.10 Å². The number of nitro groups is 1. The van der Waals surface area contributed by atoms with Crippen LogP contribution in [0.1, 0.15) is 27.2 Å². The third kappa shape index (κ3) is 5.28. The van der Waals surface area contributed by atoms with E-state index in [1.54, 1.807) is 25.3 Å². The lowest BCUT2D eigenvalue weighted by atomic mass is 10.1. The minimum Gasteiger partial charge on any atom is -0.496 e. The van der Waals surface area contributed by atoms with Gasteiger partial charge in [-0.05, 0) is 41.8 Å². The fraction of sp³-hybridized carbons (Fsp3) is 0.167. The maximum absolute atomic E-state index is 12.4. The van der Waals surface area contributed by atoms with Crippen molar-refractivity contribution < 1.29 is 19.2 Å². The summed E-state index contributed by atoms with van der Waals surface area (Å²) in [7, 11) is 3.10. The lowest BCUT2D eigenvalue weighted by Crippen LogP contribution is -2.02. The fourth-order valence-corrected chi connectivity index (χ4v) is 3.18. The molecule has 0 aliphatic heterocycles. The van der Waals surface area contributed by atoms with E-state index in [1.165, 1.54) is 24.0 Å². The fourth-order valence-electron chi connectivity index (χ4n) is 3.18. The van der Waals surface area contributed by atoms with Gasteiger partial charge in [0, 0.05) is 12.6 Å². The van der Waals surface area contributed by atoms with Crippen LogP contribution in [0.25, 0.3) is 6.08 Å². The Morgan fingerprint density at radius 3 is 2.72 bits per heavy atom. The van der Waals surface area contributed by atoms with Crippen molar-refractivity contribution in [2.24, 2.45) is 7.05 Å². The van der Waals surface area contributed by atoms with Crippen LogP contribution in [0.4, 0.5) is 5.69 Å². The molecule has 0 radical (unpaired) electrons. The average Bonchev–Trinajstić information content (AvgIpc) is 3.19. The monoisotopic (exact) mass is 433 g/mol. The summed E-state index contributed by atoms with van der Waals surface area (Å²) in [6.45, 7) is 4.04. The minimum absolute atomic E-state index is 0.204. The number of carbonyl (C=O) groups excluding carboxylic acids is 1. The molecule has 164 valence electrons. The van der Waals surface area contributed by atoms with Crippen LogP contribution in [0.5, 0.6) is 11.5 Å². The molecule has 0 atom stereocenters. The number of hydrogen-bond acceptors (Lipinski definition) is 6. The first-order valence-corrected chi connectivity index (χ1v) is 9.82. The second kappa shape index (κ2) is 10.2. The van der Waals surface area contributed by atoms with Gasteiger partial charge in [0.1, 0.15) is 24.3 Å². The zero-order chi connectivity index (χ0) is 23.1. The molecular weight excluding hydrogens is 410 g/mol. The Hall–Kier alpha value is -4.20. The zero-order valence-electron chi connectivity index (χ0n) is 17.9. The largest absolute Gasteiger partial charge is 0.496 e. The Morgan fingerprint density at radius 2 is 2.00 bits per heavy atom. The van der Waals surface area contributed by atoms with Gasteiger partial charge < -0.3 is 9.47 Å². The summed E-state index contributed by atoms with van der Waals surface area (Å²) in [5, 5.41) is 15.0. The molecule has 0 saturated heterocycles. The summed E-state index contributed by atoms with van der Waals surface area (Å²) in [4.78, 5) is 23.0. The zero-order valence-corrected chi connectivity index (χ0v) is 17.9. The van der Waals surface area contributed by atoms with Gasteiger partial charge in [-0.3, -0.25) is 19.6 Å². The molecule has 0 aliphatic rings. The Kier molecular flexibility index (Phi) is 7.17. The first kappa shape index (κ1) is 22.5. The van der Waals surface area contributed by atoms with Crippen molar-refractivity contribution in [1.29, 1.82) is 0 Å². The summed E-state index contributed by atoms with van der Waals surface area (Å²) in [6.07, 6.45) is 6.56. The average molecular weight is 433 g/mol. The molecule has 8 heteroatoms. The van der Waals surface area contributed by atoms with E-state index in [-0.39, 0.29) is 18.0 Å². The van der Waals surface area contributed by atoms with Gasteiger partial charge in [0.05, 0.1) is 12.0 Å². The molecule has 0 spiro atoms. The number of ketones is 1. The number of methoxy groups -OCH3 is 1. The Morgan fingerprint density at radius 1 is 1.22 bits per heavy atom. The molecule has 1 heterocycles. The van der Waals surface area contributed by atoms with Crippen molar-refractivity contribution in [3.05, 3.63) is 99.9 Å². The standard InChI is InChI=1S/C24H23N3O5/c1-4-7-18-8-5-6-9-23(18)32-16-19-14-17(11-13-22(19)31-3)10-12-21(28)24-20(27(29)30)15-26(2)25-24/h4-6,8-15H,1,7,16H2,2-3H3/b12-10+. The molecule has 0 unspecified atom stereocenters. The van der Waals surface area contributed by atoms with Crippen LogP contribution in [0.3, 0.4) is 0 Å². The Bertz CT molecular complexity index is 1180. The molecule has 1 aromatic heterocycles. The Balaban J connectivity index is 1.80. The van der Waals surface area contributed by atoms with Gasteiger partial charge >= 0.3 is 5.69 Å². The van der Waals surface area contributed by atoms with Gasteiger partial charge in [-0.1, -0.05) is 36.4 Å². The van der Waals surface area contributed by atoms with Gasteiger partial charge in [0.2, 0.25) is 11.5 Å². The maximum Gasteiger partial charge on any atom is 0.318 e. The number of aromatic nitrogens is 2. The summed E-state index contributed by atoms with van der Waals surface area (Å²) >= 11 is 0. The summed E-state index contributed by atoms with van der Waals surface area (Å²) in [5.41, 5.74) is 2.00. The molecule has 0 saturated carbocycles. The highest BCUT2D eigenvalue weighted by atomic mass is 16.6. The van der Waals surface area contributed by atoms with E-state index in [1.807, 2.05) is 36.4 Å². The van der Waals surface area contributed by atoms with Crippen molar-refractivity contribution in [3.8, 4) is 11.5 Å². The molecule has 3 rings (SSSR count). The van der Waals surface area contributed by atoms with E-state index in [2.05, 4.69) is 11.7 Å². The summed E-state index contributed by atoms with van der Waals surface area (Å²) in [6, 6.07) is 13.1. The number of aryl methyl sites for hydroxylation is 1. The smallest absolute Gasteiger partial charge is 0.318 e. The Labute approximate surface area is 185 Å². The van der Waals surface area contributed by atoms with E-state index in [9.17, 15) is 14.9 Å². The highest BCUT2D eigenvalue weighted by molar-refractivity contribution is 6.08. The van der Waals surface area contributed by atoms with E-state index < -0.39 is 10.7 Å². The van der Waals surface area contributed by atoms with Crippen molar-refractivity contribution >= 4 is 17.5 Å². The maximum atomic E-state index is 12.4. The van der Waals surface area contributed by atoms with E-state index in [0.717, 1.165) is 22.4 Å². The van der Waals surface area contributed by atoms with Crippen LogP contribution >= 0.6 is 0 Å². The van der Waals surface area contributed by atoms with E-state index >= 15 is 0 Å². The molecule has 0 bridgehead atoms. The number of benzene rings is 2. The van der Waals surface area contributed by atoms with Gasteiger partial charge in [-0.15, -0.1) is 6.58 Å². The molecular formula is C24H23N3O5. The molecule has 0 N–H and O–H groups in total. The number of para-hydroxylation sites is 1. The van der Waals surface area contributed by atoms with Crippen molar-refractivity contribution in [1.82, 2.24) is 9.78 Å². The third-order valence-electron chi connectivity index (χ3n) is 4.69. The number of ether oxygens (including phenoxy) is 2. The number of nitrogens with zero attached hydrogens (tertiary/aromatic N) is 3. The van der Waals surface area contributed by atoms with Gasteiger partial charge in [0.25, 0.3) is 0 Å². The normalized spacial score (nSPS) is 10.8. The van der Waals surface area contributed by atoms with E-state index in [0.29, 0.717) is 12.2 Å².